The van der Waals surface area contributed by atoms with Crippen molar-refractivity contribution < 1.29 is 9.15 Å². The normalized spacial score (nSPS) is 20.8. The minimum atomic E-state index is -0.253. The predicted octanol–water partition coefficient (Wildman–Crippen LogP) is 17.3. The minimum Gasteiger partial charge on any atom is -0.347 e. The molecule has 0 saturated heterocycles. The largest absolute Gasteiger partial charge is 0.347 e. The molecule has 4 heterocycles. The molecule has 2 atom stereocenters. The zero-order chi connectivity index (χ0) is 55.0. The topological polar surface area (TPSA) is 12.5 Å². The fraction of sp³-hybridized carbons (Fsp3) is 0.211. The number of likely N-dealkylation sites (N-methyl/N-ethyl adjacent to an activating group) is 2. The molecule has 0 amide bonds. The van der Waals surface area contributed by atoms with Crippen molar-refractivity contribution in [3.63, 3.8) is 0 Å². The van der Waals surface area contributed by atoms with E-state index in [9.17, 15) is 0 Å². The molecule has 4 aliphatic heterocycles. The Morgan fingerprint density at radius 3 is 1.15 bits per heavy atom. The molecule has 4 heteroatoms. The van der Waals surface area contributed by atoms with Crippen molar-refractivity contribution in [1.82, 2.24) is 0 Å². The molecule has 0 bridgehead atoms. The van der Waals surface area contributed by atoms with Gasteiger partial charge in [-0.25, -0.2) is 0 Å². The van der Waals surface area contributed by atoms with E-state index in [2.05, 4.69) is 317 Å². The molecule has 4 aliphatic rings. The van der Waals surface area contributed by atoms with Gasteiger partial charge in [-0.1, -0.05) is 182 Å². The lowest BCUT2D eigenvalue weighted by Crippen LogP contribution is -2.29. The van der Waals surface area contributed by atoms with Crippen molar-refractivity contribution in [3.05, 3.63) is 299 Å². The molecule has 0 saturated carbocycles. The van der Waals surface area contributed by atoms with E-state index in [4.69, 9.17) is 0 Å². The third-order valence-electron chi connectivity index (χ3n) is 18.6. The number of allylic oxidation sites excluding steroid dienone is 8. The summed E-state index contributed by atoms with van der Waals surface area (Å²) < 4.78 is 5.17. The first kappa shape index (κ1) is 50.9. The molecule has 80 heavy (non-hydrogen) atoms. The highest BCUT2D eigenvalue weighted by molar-refractivity contribution is 6.09. The maximum atomic E-state index is 2.59. The molecule has 2 unspecified atom stereocenters. The van der Waals surface area contributed by atoms with Crippen LogP contribution in [0.3, 0.4) is 0 Å². The van der Waals surface area contributed by atoms with E-state index >= 15 is 0 Å². The molecule has 9 aromatic rings. The molecule has 0 fully saturated rings. The van der Waals surface area contributed by atoms with Crippen LogP contribution in [-0.4, -0.2) is 34.7 Å². The fourth-order valence-corrected chi connectivity index (χ4v) is 14.7. The van der Waals surface area contributed by atoms with Crippen molar-refractivity contribution in [2.24, 2.45) is 0 Å². The van der Waals surface area contributed by atoms with Gasteiger partial charge in [0.15, 0.2) is 24.5 Å². The number of anilines is 2. The second kappa shape index (κ2) is 19.6. The first-order valence-electron chi connectivity index (χ1n) is 28.7. The number of rotatable bonds is 12. The summed E-state index contributed by atoms with van der Waals surface area (Å²) in [5.74, 6) is 0. The monoisotopic (exact) mass is 1040 g/mol. The van der Waals surface area contributed by atoms with E-state index in [-0.39, 0.29) is 21.7 Å². The number of fused-ring (bicyclic) bond motifs is 8. The summed E-state index contributed by atoms with van der Waals surface area (Å²) >= 11 is 0. The average molecular weight is 1040 g/mol. The highest BCUT2D eigenvalue weighted by Crippen LogP contribution is 2.52. The van der Waals surface area contributed by atoms with E-state index in [1.165, 1.54) is 112 Å². The molecule has 4 nitrogen and oxygen atoms in total. The SMILES string of the molecule is CN1/C(=C/C=C/C2=[N+](Cc3ccc(C[N+]4=C(/C=C/C=C5/N(C)c6ccccc6C5(C)Cc5ccccc5)C(C)(C)c5c4ccc4ccccc54)cc3)c3ccc4ccccc4c3C2(C)C)C(C)(Cc2ccccc2)c2ccccc21. The Morgan fingerprint density at radius 2 is 0.738 bits per heavy atom. The highest BCUT2D eigenvalue weighted by Gasteiger charge is 2.48. The van der Waals surface area contributed by atoms with Crippen LogP contribution in [0.25, 0.3) is 21.5 Å². The van der Waals surface area contributed by atoms with Gasteiger partial charge in [0.1, 0.15) is 0 Å². The van der Waals surface area contributed by atoms with Gasteiger partial charge in [0.25, 0.3) is 0 Å². The van der Waals surface area contributed by atoms with E-state index in [1.54, 1.807) is 0 Å². The Bertz CT molecular complexity index is 3840. The molecule has 0 spiro atoms. The molecule has 0 aliphatic carbocycles. The third kappa shape index (κ3) is 8.33. The molecular formula is C76H72N4+2. The minimum absolute atomic E-state index is 0.189. The summed E-state index contributed by atoms with van der Waals surface area (Å²) in [6.07, 6.45) is 16.1. The van der Waals surface area contributed by atoms with Crippen LogP contribution in [0.1, 0.15) is 86.1 Å². The maximum absolute atomic E-state index is 2.59. The highest BCUT2D eigenvalue weighted by atomic mass is 15.2. The predicted molar refractivity (Wildman–Crippen MR) is 337 cm³/mol. The van der Waals surface area contributed by atoms with Gasteiger partial charge in [0.05, 0.1) is 10.8 Å². The van der Waals surface area contributed by atoms with E-state index in [0.717, 1.165) is 25.9 Å². The van der Waals surface area contributed by atoms with Gasteiger partial charge in [0.2, 0.25) is 11.4 Å². The Balaban J connectivity index is 0.861. The van der Waals surface area contributed by atoms with Gasteiger partial charge in [0, 0.05) is 94.2 Å². The second-order valence-electron chi connectivity index (χ2n) is 24.3. The van der Waals surface area contributed by atoms with Gasteiger partial charge in [-0.2, -0.15) is 9.15 Å². The van der Waals surface area contributed by atoms with E-state index in [0.29, 0.717) is 0 Å². The quantitative estimate of drug-likeness (QED) is 0.113. The Kier molecular flexibility index (Phi) is 12.5. The number of nitrogens with zero attached hydrogens (tertiary/aromatic N) is 4. The first-order valence-corrected chi connectivity index (χ1v) is 28.7. The van der Waals surface area contributed by atoms with E-state index < -0.39 is 0 Å². The zero-order valence-corrected chi connectivity index (χ0v) is 47.7. The Hall–Kier alpha value is -8.60. The molecule has 0 radical (unpaired) electrons. The van der Waals surface area contributed by atoms with Crippen LogP contribution in [-0.2, 0) is 47.6 Å². The lowest BCUT2D eigenvalue weighted by atomic mass is 9.76. The van der Waals surface area contributed by atoms with Crippen LogP contribution in [0.4, 0.5) is 22.7 Å². The molecule has 0 N–H and O–H groups in total. The van der Waals surface area contributed by atoms with Crippen LogP contribution in [0.2, 0.25) is 0 Å². The third-order valence-corrected chi connectivity index (χ3v) is 18.6. The van der Waals surface area contributed by atoms with Gasteiger partial charge in [-0.15, -0.1) is 0 Å². The number of hydrogen-bond acceptors (Lipinski definition) is 2. The van der Waals surface area contributed by atoms with Crippen LogP contribution in [0.15, 0.2) is 254 Å². The van der Waals surface area contributed by atoms with Crippen molar-refractivity contribution in [2.45, 2.75) is 89.1 Å². The first-order chi connectivity index (χ1) is 38.8. The summed E-state index contributed by atoms with van der Waals surface area (Å²) in [7, 11) is 4.46. The summed E-state index contributed by atoms with van der Waals surface area (Å²) in [5, 5.41) is 5.19. The summed E-state index contributed by atoms with van der Waals surface area (Å²) in [4.78, 5) is 4.81. The fourth-order valence-electron chi connectivity index (χ4n) is 14.7. The number of benzene rings is 9. The molecule has 9 aromatic carbocycles. The van der Waals surface area contributed by atoms with Gasteiger partial charge < -0.3 is 9.80 Å². The molecule has 394 valence electrons. The van der Waals surface area contributed by atoms with Crippen molar-refractivity contribution in [3.8, 4) is 0 Å². The smallest absolute Gasteiger partial charge is 0.210 e. The lowest BCUT2D eigenvalue weighted by molar-refractivity contribution is -0.455. The standard InChI is InChI=1S/C76H72N4/c1-73(2)67(37-23-39-69-75(5,49-53-25-11-9-12-26-53)61-33-19-21-35-63(61)77(69)7)79(65-47-45-57-29-15-17-31-59(57)71(65)73)51-55-41-43-56(44-42-55)52-80-66-48-46-58-30-16-18-32-60(58)72(66)74(3,4)68(80)38-24-40-70-76(6,50-54-27-13-10-14-28-54)62-34-20-22-36-64(62)78(70)8/h9-48H,49-52H2,1-8H3/q+2. The average Bonchev–Trinajstić information content (AvgIpc) is 4.01. The van der Waals surface area contributed by atoms with Crippen LogP contribution in [0.5, 0.6) is 0 Å². The van der Waals surface area contributed by atoms with Gasteiger partial charge in [-0.3, -0.25) is 0 Å². The maximum Gasteiger partial charge on any atom is 0.210 e. The second-order valence-corrected chi connectivity index (χ2v) is 24.3. The van der Waals surface area contributed by atoms with Crippen molar-refractivity contribution in [1.29, 1.82) is 0 Å². The molecular weight excluding hydrogens is 969 g/mol. The Morgan fingerprint density at radius 1 is 0.375 bits per heavy atom. The summed E-state index contributed by atoms with van der Waals surface area (Å²) in [5.41, 5.74) is 20.2. The van der Waals surface area contributed by atoms with Crippen molar-refractivity contribution >= 4 is 55.7 Å². The summed E-state index contributed by atoms with van der Waals surface area (Å²) in [6, 6.07) is 76.4. The summed E-state index contributed by atoms with van der Waals surface area (Å²) in [6.45, 7) is 16.0. The van der Waals surface area contributed by atoms with Gasteiger partial charge in [-0.05, 0) is 135 Å². The van der Waals surface area contributed by atoms with Crippen LogP contribution < -0.4 is 9.80 Å². The molecule has 13 rings (SSSR count). The van der Waals surface area contributed by atoms with Gasteiger partial charge >= 0.3 is 0 Å². The number of para-hydroxylation sites is 2. The zero-order valence-electron chi connectivity index (χ0n) is 47.7. The van der Waals surface area contributed by atoms with Crippen LogP contribution in [0, 0.1) is 0 Å². The number of hydrogen-bond donors (Lipinski definition) is 0. The lowest BCUT2D eigenvalue weighted by Gasteiger charge is -2.29. The Labute approximate surface area is 474 Å². The van der Waals surface area contributed by atoms with Crippen molar-refractivity contribution in [2.75, 3.05) is 23.9 Å². The van der Waals surface area contributed by atoms with Crippen LogP contribution >= 0.6 is 0 Å². The van der Waals surface area contributed by atoms with E-state index in [1.807, 2.05) is 0 Å². The molecule has 0 aromatic heterocycles.